The molecular formula is C9H11NO5S. The van der Waals surface area contributed by atoms with Crippen molar-refractivity contribution in [2.75, 3.05) is 0 Å². The zero-order valence-electron chi connectivity index (χ0n) is 8.68. The minimum atomic E-state index is -4.45. The van der Waals surface area contributed by atoms with Crippen LogP contribution in [0.2, 0.25) is 0 Å². The first-order chi connectivity index (χ1) is 7.16. The molecule has 6 nitrogen and oxygen atoms in total. The van der Waals surface area contributed by atoms with Gasteiger partial charge in [0.1, 0.15) is 5.75 Å². The summed E-state index contributed by atoms with van der Waals surface area (Å²) < 4.78 is 31.0. The number of amides is 1. The highest BCUT2D eigenvalue weighted by molar-refractivity contribution is 7.85. The van der Waals surface area contributed by atoms with Gasteiger partial charge in [0.25, 0.3) is 16.0 Å². The molecule has 1 rings (SSSR count). The summed E-state index contributed by atoms with van der Waals surface area (Å²) in [6.45, 7) is 2.83. The van der Waals surface area contributed by atoms with Crippen LogP contribution < -0.4 is 5.73 Å². The van der Waals surface area contributed by atoms with Crippen LogP contribution >= 0.6 is 0 Å². The van der Waals surface area contributed by atoms with Crippen LogP contribution in [0.25, 0.3) is 0 Å². The Morgan fingerprint density at radius 2 is 1.81 bits per heavy atom. The first-order valence-electron chi connectivity index (χ1n) is 4.26. The van der Waals surface area contributed by atoms with Crippen molar-refractivity contribution < 1.29 is 22.9 Å². The molecule has 1 aromatic rings. The van der Waals surface area contributed by atoms with E-state index in [1.165, 1.54) is 13.8 Å². The van der Waals surface area contributed by atoms with Crippen molar-refractivity contribution in [1.29, 1.82) is 0 Å². The summed E-state index contributed by atoms with van der Waals surface area (Å²) in [7, 11) is -4.45. The lowest BCUT2D eigenvalue weighted by Crippen LogP contribution is -2.14. The van der Waals surface area contributed by atoms with E-state index in [-0.39, 0.29) is 22.4 Å². The van der Waals surface area contributed by atoms with Gasteiger partial charge >= 0.3 is 0 Å². The molecule has 0 aliphatic rings. The summed E-state index contributed by atoms with van der Waals surface area (Å²) in [5.74, 6) is -1.34. The van der Waals surface area contributed by atoms with E-state index in [1.54, 1.807) is 0 Å². The molecule has 0 saturated carbocycles. The number of primary amides is 1. The molecule has 0 aromatic heterocycles. The van der Waals surface area contributed by atoms with Gasteiger partial charge < -0.3 is 10.8 Å². The average Bonchev–Trinajstić information content (AvgIpc) is 2.11. The minimum Gasteiger partial charge on any atom is -0.507 e. The molecule has 0 aliphatic heterocycles. The van der Waals surface area contributed by atoms with Crippen LogP contribution in [0, 0.1) is 13.8 Å². The third kappa shape index (κ3) is 2.00. The monoisotopic (exact) mass is 245 g/mol. The van der Waals surface area contributed by atoms with Gasteiger partial charge in [0, 0.05) is 0 Å². The Kier molecular flexibility index (Phi) is 2.93. The standard InChI is InChI=1S/C9H11NO5S/c1-4-5(2)8(11)6(9(10)12)3-7(4)16(13,14)15/h3,11H,1-2H3,(H2,10,12)(H,13,14,15). The van der Waals surface area contributed by atoms with Crippen molar-refractivity contribution in [3.8, 4) is 5.75 Å². The Hall–Kier alpha value is -1.60. The van der Waals surface area contributed by atoms with Gasteiger partial charge in [0.2, 0.25) is 0 Å². The van der Waals surface area contributed by atoms with E-state index in [9.17, 15) is 18.3 Å². The first kappa shape index (κ1) is 12.5. The number of rotatable bonds is 2. The number of hydrogen-bond acceptors (Lipinski definition) is 4. The number of hydrogen-bond donors (Lipinski definition) is 3. The van der Waals surface area contributed by atoms with E-state index in [2.05, 4.69) is 0 Å². The molecule has 7 heteroatoms. The quantitative estimate of drug-likeness (QED) is 0.650. The van der Waals surface area contributed by atoms with E-state index < -0.39 is 20.9 Å². The zero-order valence-corrected chi connectivity index (χ0v) is 9.50. The van der Waals surface area contributed by atoms with Gasteiger partial charge in [-0.25, -0.2) is 0 Å². The Bertz CT molecular complexity index is 562. The molecule has 4 N–H and O–H groups in total. The minimum absolute atomic E-state index is 0.171. The molecule has 0 fully saturated rings. The maximum Gasteiger partial charge on any atom is 0.294 e. The van der Waals surface area contributed by atoms with E-state index in [0.717, 1.165) is 6.07 Å². The van der Waals surface area contributed by atoms with Crippen LogP contribution in [0.5, 0.6) is 5.75 Å². The Morgan fingerprint density at radius 3 is 2.19 bits per heavy atom. The van der Waals surface area contributed by atoms with Gasteiger partial charge in [-0.05, 0) is 31.0 Å². The first-order valence-corrected chi connectivity index (χ1v) is 5.70. The SMILES string of the molecule is Cc1c(S(=O)(=O)O)cc(C(N)=O)c(O)c1C. The Balaban J connectivity index is 3.74. The molecule has 1 amide bonds. The topological polar surface area (TPSA) is 118 Å². The van der Waals surface area contributed by atoms with Crippen LogP contribution in [0.15, 0.2) is 11.0 Å². The van der Waals surface area contributed by atoms with Crippen LogP contribution in [-0.4, -0.2) is 24.0 Å². The van der Waals surface area contributed by atoms with E-state index in [4.69, 9.17) is 10.3 Å². The van der Waals surface area contributed by atoms with Crippen LogP contribution in [0.3, 0.4) is 0 Å². The molecule has 0 heterocycles. The maximum absolute atomic E-state index is 11.0. The summed E-state index contributed by atoms with van der Waals surface area (Å²) in [5.41, 5.74) is 4.99. The molecule has 0 saturated heterocycles. The van der Waals surface area contributed by atoms with Crippen molar-refractivity contribution in [3.63, 3.8) is 0 Å². The highest BCUT2D eigenvalue weighted by atomic mass is 32.2. The lowest BCUT2D eigenvalue weighted by Gasteiger charge is -2.11. The fraction of sp³-hybridized carbons (Fsp3) is 0.222. The highest BCUT2D eigenvalue weighted by Crippen LogP contribution is 2.30. The fourth-order valence-corrected chi connectivity index (χ4v) is 2.13. The predicted octanol–water partition coefficient (Wildman–Crippen LogP) is 0.355. The van der Waals surface area contributed by atoms with Crippen LogP contribution in [-0.2, 0) is 10.1 Å². The zero-order chi connectivity index (χ0) is 12.7. The van der Waals surface area contributed by atoms with Gasteiger partial charge in [0.15, 0.2) is 0 Å². The second kappa shape index (κ2) is 3.76. The van der Waals surface area contributed by atoms with Gasteiger partial charge in [-0.3, -0.25) is 9.35 Å². The summed E-state index contributed by atoms with van der Waals surface area (Å²) in [4.78, 5) is 10.5. The molecule has 0 aliphatic carbocycles. The molecule has 0 atom stereocenters. The number of carbonyl (C=O) groups is 1. The number of nitrogens with two attached hydrogens (primary N) is 1. The van der Waals surface area contributed by atoms with Gasteiger partial charge in [0.05, 0.1) is 10.5 Å². The molecule has 16 heavy (non-hydrogen) atoms. The Labute approximate surface area is 92.5 Å². The summed E-state index contributed by atoms with van der Waals surface area (Å²) in [5, 5.41) is 9.56. The van der Waals surface area contributed by atoms with Crippen LogP contribution in [0.1, 0.15) is 21.5 Å². The summed E-state index contributed by atoms with van der Waals surface area (Å²) in [6.07, 6.45) is 0. The van der Waals surface area contributed by atoms with Crippen LogP contribution in [0.4, 0.5) is 0 Å². The van der Waals surface area contributed by atoms with Crippen molar-refractivity contribution in [2.24, 2.45) is 5.73 Å². The molecule has 0 radical (unpaired) electrons. The summed E-state index contributed by atoms with van der Waals surface area (Å²) >= 11 is 0. The molecule has 0 spiro atoms. The van der Waals surface area contributed by atoms with Crippen molar-refractivity contribution in [1.82, 2.24) is 0 Å². The van der Waals surface area contributed by atoms with E-state index in [0.29, 0.717) is 0 Å². The second-order valence-corrected chi connectivity index (χ2v) is 4.75. The molecular weight excluding hydrogens is 234 g/mol. The normalized spacial score (nSPS) is 11.4. The number of benzene rings is 1. The van der Waals surface area contributed by atoms with Gasteiger partial charge in [-0.2, -0.15) is 8.42 Å². The average molecular weight is 245 g/mol. The Morgan fingerprint density at radius 1 is 1.31 bits per heavy atom. The molecule has 88 valence electrons. The molecule has 1 aromatic carbocycles. The van der Waals surface area contributed by atoms with E-state index >= 15 is 0 Å². The van der Waals surface area contributed by atoms with Crippen molar-refractivity contribution >= 4 is 16.0 Å². The smallest absolute Gasteiger partial charge is 0.294 e. The van der Waals surface area contributed by atoms with E-state index in [1.807, 2.05) is 0 Å². The van der Waals surface area contributed by atoms with Gasteiger partial charge in [-0.15, -0.1) is 0 Å². The predicted molar refractivity (Wildman–Crippen MR) is 55.9 cm³/mol. The number of aromatic hydroxyl groups is 1. The fourth-order valence-electron chi connectivity index (χ4n) is 1.33. The number of phenols is 1. The van der Waals surface area contributed by atoms with Crippen molar-refractivity contribution in [2.45, 2.75) is 18.7 Å². The van der Waals surface area contributed by atoms with Crippen molar-refractivity contribution in [3.05, 3.63) is 22.8 Å². The molecule has 0 unspecified atom stereocenters. The third-order valence-electron chi connectivity index (χ3n) is 2.36. The largest absolute Gasteiger partial charge is 0.507 e. The van der Waals surface area contributed by atoms with Gasteiger partial charge in [-0.1, -0.05) is 0 Å². The maximum atomic E-state index is 11.0. The number of carbonyl (C=O) groups excluding carboxylic acids is 1. The highest BCUT2D eigenvalue weighted by Gasteiger charge is 2.21. The second-order valence-electron chi connectivity index (χ2n) is 3.36. The molecule has 0 bridgehead atoms. The lowest BCUT2D eigenvalue weighted by molar-refractivity contribution is 0.0997. The summed E-state index contributed by atoms with van der Waals surface area (Å²) in [6, 6.07) is 0.856. The lowest BCUT2D eigenvalue weighted by atomic mass is 10.0. The third-order valence-corrected chi connectivity index (χ3v) is 3.34.